The predicted octanol–water partition coefficient (Wildman–Crippen LogP) is 6.00. The second kappa shape index (κ2) is 11.2. The molecule has 1 aliphatic carbocycles. The number of hydrogen-bond donors (Lipinski definition) is 1. The Morgan fingerprint density at radius 2 is 1.77 bits per heavy atom. The second-order valence-electron chi connectivity index (χ2n) is 8.12. The number of rotatable bonds is 7. The van der Waals surface area contributed by atoms with E-state index >= 15 is 0 Å². The number of nitrogens with zero attached hydrogens (tertiary/aromatic N) is 1. The van der Waals surface area contributed by atoms with Crippen molar-refractivity contribution in [2.45, 2.75) is 51.2 Å². The standard InChI is InChI=1S/C24H27Cl3N2O2/c1-16-5-2-3-8-21(16)28-24(31)23(18-9-11-19(26)12-10-18)29(22(30)14-25)15-17-6-4-7-20(27)13-17/h4,6-7,9-13,16,21,23H,2-3,5,8,14-15H2,1H3,(H,28,31)/t16-,21-,23-/m1/s1. The number of alkyl halides is 1. The Kier molecular flexibility index (Phi) is 8.65. The summed E-state index contributed by atoms with van der Waals surface area (Å²) >= 11 is 18.2. The van der Waals surface area contributed by atoms with Crippen molar-refractivity contribution in [1.82, 2.24) is 10.2 Å². The smallest absolute Gasteiger partial charge is 0.247 e. The van der Waals surface area contributed by atoms with E-state index in [-0.39, 0.29) is 30.3 Å². The third-order valence-electron chi connectivity index (χ3n) is 5.86. The van der Waals surface area contributed by atoms with Gasteiger partial charge in [0.1, 0.15) is 11.9 Å². The molecule has 2 amide bonds. The van der Waals surface area contributed by atoms with Crippen LogP contribution in [-0.2, 0) is 16.1 Å². The lowest BCUT2D eigenvalue weighted by atomic mass is 9.85. The van der Waals surface area contributed by atoms with Crippen molar-refractivity contribution in [2.75, 3.05) is 5.88 Å². The van der Waals surface area contributed by atoms with Crippen LogP contribution < -0.4 is 5.32 Å². The summed E-state index contributed by atoms with van der Waals surface area (Å²) in [6, 6.07) is 13.5. The largest absolute Gasteiger partial charge is 0.351 e. The minimum Gasteiger partial charge on any atom is -0.351 e. The van der Waals surface area contributed by atoms with E-state index in [4.69, 9.17) is 34.8 Å². The van der Waals surface area contributed by atoms with Crippen LogP contribution in [0.2, 0.25) is 10.0 Å². The average Bonchev–Trinajstić information content (AvgIpc) is 2.75. The summed E-state index contributed by atoms with van der Waals surface area (Å²) in [6.45, 7) is 2.38. The van der Waals surface area contributed by atoms with Crippen LogP contribution in [0.25, 0.3) is 0 Å². The number of halogens is 3. The summed E-state index contributed by atoms with van der Waals surface area (Å²) in [5, 5.41) is 4.34. The fourth-order valence-electron chi connectivity index (χ4n) is 4.14. The molecule has 0 heterocycles. The van der Waals surface area contributed by atoms with E-state index in [0.717, 1.165) is 24.8 Å². The molecule has 0 aliphatic heterocycles. The Balaban J connectivity index is 1.95. The zero-order chi connectivity index (χ0) is 22.4. The Morgan fingerprint density at radius 1 is 1.06 bits per heavy atom. The van der Waals surface area contributed by atoms with E-state index < -0.39 is 6.04 Å². The molecule has 166 valence electrons. The molecule has 2 aromatic rings. The molecule has 0 bridgehead atoms. The minimum atomic E-state index is -0.823. The highest BCUT2D eigenvalue weighted by Gasteiger charge is 2.33. The Bertz CT molecular complexity index is 904. The van der Waals surface area contributed by atoms with Gasteiger partial charge in [-0.05, 0) is 54.2 Å². The molecule has 0 radical (unpaired) electrons. The van der Waals surface area contributed by atoms with E-state index in [0.29, 0.717) is 21.5 Å². The van der Waals surface area contributed by atoms with Crippen molar-refractivity contribution in [3.05, 3.63) is 69.7 Å². The monoisotopic (exact) mass is 480 g/mol. The molecule has 1 fully saturated rings. The number of amides is 2. The normalized spacial score (nSPS) is 19.5. The molecule has 31 heavy (non-hydrogen) atoms. The van der Waals surface area contributed by atoms with E-state index in [1.54, 1.807) is 36.4 Å². The summed E-state index contributed by atoms with van der Waals surface area (Å²) in [5.74, 6) is -0.360. The van der Waals surface area contributed by atoms with E-state index in [1.165, 1.54) is 11.3 Å². The van der Waals surface area contributed by atoms with Gasteiger partial charge in [-0.3, -0.25) is 9.59 Å². The van der Waals surface area contributed by atoms with Crippen molar-refractivity contribution in [3.63, 3.8) is 0 Å². The topological polar surface area (TPSA) is 49.4 Å². The lowest BCUT2D eigenvalue weighted by Crippen LogP contribution is -2.49. The van der Waals surface area contributed by atoms with Crippen LogP contribution in [0.5, 0.6) is 0 Å². The first kappa shape index (κ1) is 23.9. The molecule has 4 nitrogen and oxygen atoms in total. The van der Waals surface area contributed by atoms with E-state index in [2.05, 4.69) is 12.2 Å². The maximum atomic E-state index is 13.6. The van der Waals surface area contributed by atoms with Crippen LogP contribution >= 0.6 is 34.8 Å². The highest BCUT2D eigenvalue weighted by atomic mass is 35.5. The van der Waals surface area contributed by atoms with Gasteiger partial charge < -0.3 is 10.2 Å². The molecule has 0 unspecified atom stereocenters. The van der Waals surface area contributed by atoms with Crippen LogP contribution in [0.15, 0.2) is 48.5 Å². The van der Waals surface area contributed by atoms with Crippen molar-refractivity contribution >= 4 is 46.6 Å². The van der Waals surface area contributed by atoms with Crippen LogP contribution in [0, 0.1) is 5.92 Å². The molecule has 3 rings (SSSR count). The van der Waals surface area contributed by atoms with Gasteiger partial charge in [-0.1, -0.05) is 67.2 Å². The second-order valence-corrected chi connectivity index (χ2v) is 9.26. The summed E-state index contributed by atoms with van der Waals surface area (Å²) in [6.07, 6.45) is 4.30. The molecule has 1 N–H and O–H groups in total. The van der Waals surface area contributed by atoms with Gasteiger partial charge in [0.15, 0.2) is 0 Å². The van der Waals surface area contributed by atoms with Gasteiger partial charge in [0.2, 0.25) is 11.8 Å². The molecular formula is C24H27Cl3N2O2. The van der Waals surface area contributed by atoms with Gasteiger partial charge >= 0.3 is 0 Å². The number of nitrogens with one attached hydrogen (secondary N) is 1. The predicted molar refractivity (Wildman–Crippen MR) is 126 cm³/mol. The third-order valence-corrected chi connectivity index (χ3v) is 6.58. The fraction of sp³-hybridized carbons (Fsp3) is 0.417. The molecule has 7 heteroatoms. The molecule has 3 atom stereocenters. The summed E-state index contributed by atoms with van der Waals surface area (Å²) in [7, 11) is 0. The quantitative estimate of drug-likeness (QED) is 0.493. The van der Waals surface area contributed by atoms with Gasteiger partial charge in [0, 0.05) is 22.6 Å². The average molecular weight is 482 g/mol. The summed E-state index contributed by atoms with van der Waals surface area (Å²) in [5.41, 5.74) is 1.51. The SMILES string of the molecule is C[C@@H]1CCCC[C@H]1NC(=O)[C@@H](c1ccc(Cl)cc1)N(Cc1cccc(Cl)c1)C(=O)CCl. The van der Waals surface area contributed by atoms with Crippen molar-refractivity contribution in [3.8, 4) is 0 Å². The molecular weight excluding hydrogens is 455 g/mol. The van der Waals surface area contributed by atoms with Gasteiger partial charge in [0.05, 0.1) is 0 Å². The van der Waals surface area contributed by atoms with Crippen LogP contribution in [-0.4, -0.2) is 28.6 Å². The molecule has 0 spiro atoms. The van der Waals surface area contributed by atoms with Gasteiger partial charge in [-0.15, -0.1) is 11.6 Å². The van der Waals surface area contributed by atoms with Crippen LogP contribution in [0.3, 0.4) is 0 Å². The van der Waals surface area contributed by atoms with Crippen molar-refractivity contribution in [1.29, 1.82) is 0 Å². The first-order valence-corrected chi connectivity index (χ1v) is 11.8. The molecule has 0 aromatic heterocycles. The first-order valence-electron chi connectivity index (χ1n) is 10.5. The third kappa shape index (κ3) is 6.38. The lowest BCUT2D eigenvalue weighted by Gasteiger charge is -2.35. The molecule has 2 aromatic carbocycles. The van der Waals surface area contributed by atoms with Gasteiger partial charge in [-0.25, -0.2) is 0 Å². The number of carbonyl (C=O) groups excluding carboxylic acids is 2. The van der Waals surface area contributed by atoms with Crippen molar-refractivity contribution < 1.29 is 9.59 Å². The summed E-state index contributed by atoms with van der Waals surface area (Å²) < 4.78 is 0. The van der Waals surface area contributed by atoms with Crippen LogP contribution in [0.1, 0.15) is 49.8 Å². The zero-order valence-electron chi connectivity index (χ0n) is 17.5. The van der Waals surface area contributed by atoms with Crippen molar-refractivity contribution in [2.24, 2.45) is 5.92 Å². The molecule has 1 aliphatic rings. The van der Waals surface area contributed by atoms with Gasteiger partial charge in [0.25, 0.3) is 0 Å². The fourth-order valence-corrected chi connectivity index (χ4v) is 4.63. The highest BCUT2D eigenvalue weighted by molar-refractivity contribution is 6.31. The Hall–Kier alpha value is -1.75. The lowest BCUT2D eigenvalue weighted by molar-refractivity contribution is -0.140. The highest BCUT2D eigenvalue weighted by Crippen LogP contribution is 2.29. The maximum absolute atomic E-state index is 13.6. The molecule has 0 saturated heterocycles. The first-order chi connectivity index (χ1) is 14.9. The zero-order valence-corrected chi connectivity index (χ0v) is 19.8. The molecule has 1 saturated carbocycles. The number of carbonyl (C=O) groups is 2. The van der Waals surface area contributed by atoms with Gasteiger partial charge in [-0.2, -0.15) is 0 Å². The Labute approximate surface area is 198 Å². The Morgan fingerprint density at radius 3 is 2.42 bits per heavy atom. The van der Waals surface area contributed by atoms with E-state index in [1.807, 2.05) is 12.1 Å². The minimum absolute atomic E-state index is 0.0928. The van der Waals surface area contributed by atoms with Crippen LogP contribution in [0.4, 0.5) is 0 Å². The van der Waals surface area contributed by atoms with E-state index in [9.17, 15) is 9.59 Å². The summed E-state index contributed by atoms with van der Waals surface area (Å²) in [4.78, 5) is 28.0. The number of hydrogen-bond acceptors (Lipinski definition) is 2. The maximum Gasteiger partial charge on any atom is 0.247 e. The number of benzene rings is 2.